The second-order valence-corrected chi connectivity index (χ2v) is 9.38. The number of halogens is 2. The standard InChI is InChI=1S/C26H25ClFN5O2/c1-15-11-18(24-29-8-4-9-30-24)23(19(28)12-15)25(34)33-10-3-5-16(2)21(33)14-31-26-32-20-13-17(27)6-7-22(20)35-26/h4,6-9,11-13,16,21H,3,5,10,14H2,1-2H3,(H,31,32). The first-order valence-electron chi connectivity index (χ1n) is 11.6. The molecule has 1 aliphatic heterocycles. The molecule has 2 aromatic heterocycles. The Bertz CT molecular complexity index is 1380. The number of rotatable bonds is 5. The Kier molecular flexibility index (Phi) is 6.38. The summed E-state index contributed by atoms with van der Waals surface area (Å²) in [6.07, 6.45) is 4.97. The minimum atomic E-state index is -0.571. The molecule has 7 nitrogen and oxygen atoms in total. The van der Waals surface area contributed by atoms with Gasteiger partial charge < -0.3 is 14.6 Å². The first-order valence-corrected chi connectivity index (χ1v) is 12.0. The molecule has 0 saturated carbocycles. The van der Waals surface area contributed by atoms with Crippen LogP contribution in [-0.2, 0) is 0 Å². The molecule has 180 valence electrons. The lowest BCUT2D eigenvalue weighted by Crippen LogP contribution is -2.51. The van der Waals surface area contributed by atoms with Gasteiger partial charge in [0.2, 0.25) is 0 Å². The highest BCUT2D eigenvalue weighted by Gasteiger charge is 2.35. The van der Waals surface area contributed by atoms with Crippen molar-refractivity contribution in [2.45, 2.75) is 32.7 Å². The fourth-order valence-electron chi connectivity index (χ4n) is 4.70. The van der Waals surface area contributed by atoms with E-state index < -0.39 is 5.82 Å². The Labute approximate surface area is 207 Å². The van der Waals surface area contributed by atoms with Crippen LogP contribution in [0.1, 0.15) is 35.7 Å². The van der Waals surface area contributed by atoms with Gasteiger partial charge in [0.1, 0.15) is 11.3 Å². The molecule has 0 aliphatic carbocycles. The molecule has 1 fully saturated rings. The van der Waals surface area contributed by atoms with Gasteiger partial charge in [0, 0.05) is 36.1 Å². The first-order chi connectivity index (χ1) is 16.9. The Morgan fingerprint density at radius 3 is 2.86 bits per heavy atom. The van der Waals surface area contributed by atoms with Gasteiger partial charge in [-0.1, -0.05) is 18.5 Å². The number of likely N-dealkylation sites (tertiary alicyclic amines) is 1. The van der Waals surface area contributed by atoms with Crippen LogP contribution in [-0.4, -0.2) is 44.9 Å². The van der Waals surface area contributed by atoms with Crippen molar-refractivity contribution in [1.82, 2.24) is 19.9 Å². The van der Waals surface area contributed by atoms with Crippen LogP contribution in [0, 0.1) is 18.7 Å². The third kappa shape index (κ3) is 4.71. The van der Waals surface area contributed by atoms with Gasteiger partial charge in [-0.3, -0.25) is 4.79 Å². The fourth-order valence-corrected chi connectivity index (χ4v) is 4.86. The van der Waals surface area contributed by atoms with Crippen molar-refractivity contribution in [3.63, 3.8) is 0 Å². The number of aryl methyl sites for hydroxylation is 1. The number of fused-ring (bicyclic) bond motifs is 1. The van der Waals surface area contributed by atoms with Crippen LogP contribution < -0.4 is 5.32 Å². The van der Waals surface area contributed by atoms with Crippen molar-refractivity contribution >= 4 is 34.6 Å². The number of nitrogens with zero attached hydrogens (tertiary/aromatic N) is 4. The number of oxazole rings is 1. The van der Waals surface area contributed by atoms with E-state index in [0.717, 1.165) is 12.8 Å². The predicted octanol–water partition coefficient (Wildman–Crippen LogP) is 5.74. The summed E-state index contributed by atoms with van der Waals surface area (Å²) in [6, 6.07) is 10.2. The van der Waals surface area contributed by atoms with Crippen LogP contribution in [0.2, 0.25) is 5.02 Å². The molecule has 1 saturated heterocycles. The molecule has 1 N–H and O–H groups in total. The predicted molar refractivity (Wildman–Crippen MR) is 133 cm³/mol. The number of nitrogens with one attached hydrogen (secondary N) is 1. The van der Waals surface area contributed by atoms with E-state index in [-0.39, 0.29) is 23.4 Å². The van der Waals surface area contributed by atoms with E-state index in [0.29, 0.717) is 52.2 Å². The summed E-state index contributed by atoms with van der Waals surface area (Å²) in [5.41, 5.74) is 2.36. The quantitative estimate of drug-likeness (QED) is 0.381. The average molecular weight is 494 g/mol. The lowest BCUT2D eigenvalue weighted by molar-refractivity contribution is 0.0535. The van der Waals surface area contributed by atoms with Crippen molar-refractivity contribution in [3.8, 4) is 11.4 Å². The number of aromatic nitrogens is 3. The maximum Gasteiger partial charge on any atom is 0.295 e. The van der Waals surface area contributed by atoms with Crippen LogP contribution in [0.4, 0.5) is 10.4 Å². The Morgan fingerprint density at radius 1 is 1.26 bits per heavy atom. The Balaban J connectivity index is 1.44. The van der Waals surface area contributed by atoms with Gasteiger partial charge in [0.25, 0.3) is 11.9 Å². The Hall–Kier alpha value is -3.52. The van der Waals surface area contributed by atoms with Gasteiger partial charge in [0.15, 0.2) is 11.4 Å². The van der Waals surface area contributed by atoms with Crippen molar-refractivity contribution in [2.75, 3.05) is 18.4 Å². The number of carbonyl (C=O) groups is 1. The van der Waals surface area contributed by atoms with Crippen LogP contribution in [0.5, 0.6) is 0 Å². The fraction of sp³-hybridized carbons (Fsp3) is 0.308. The molecular weight excluding hydrogens is 469 g/mol. The minimum absolute atomic E-state index is 0.00240. The van der Waals surface area contributed by atoms with E-state index in [9.17, 15) is 4.79 Å². The molecule has 0 bridgehead atoms. The third-order valence-corrected chi connectivity index (χ3v) is 6.68. The van der Waals surface area contributed by atoms with Crippen LogP contribution in [0.15, 0.2) is 53.2 Å². The van der Waals surface area contributed by atoms with E-state index >= 15 is 4.39 Å². The summed E-state index contributed by atoms with van der Waals surface area (Å²) in [5.74, 6) is -0.418. The zero-order valence-electron chi connectivity index (χ0n) is 19.5. The normalized spacial score (nSPS) is 18.1. The lowest BCUT2D eigenvalue weighted by atomic mass is 9.89. The van der Waals surface area contributed by atoms with Gasteiger partial charge >= 0.3 is 0 Å². The van der Waals surface area contributed by atoms with Crippen LogP contribution >= 0.6 is 11.6 Å². The molecule has 9 heteroatoms. The largest absolute Gasteiger partial charge is 0.424 e. The highest BCUT2D eigenvalue weighted by atomic mass is 35.5. The number of anilines is 1. The molecule has 4 aromatic rings. The van der Waals surface area contributed by atoms with E-state index in [2.05, 4.69) is 27.2 Å². The average Bonchev–Trinajstić information content (AvgIpc) is 3.25. The SMILES string of the molecule is Cc1cc(F)c(C(=O)N2CCCC(C)C2CNc2nc3cc(Cl)ccc3o2)c(-c2ncccn2)c1. The molecule has 0 radical (unpaired) electrons. The number of hydrogen-bond donors (Lipinski definition) is 1. The van der Waals surface area contributed by atoms with Crippen molar-refractivity contribution < 1.29 is 13.6 Å². The van der Waals surface area contributed by atoms with Crippen molar-refractivity contribution in [1.29, 1.82) is 0 Å². The second-order valence-electron chi connectivity index (χ2n) is 8.94. The number of carbonyl (C=O) groups excluding carboxylic acids is 1. The van der Waals surface area contributed by atoms with Gasteiger partial charge in [-0.2, -0.15) is 4.98 Å². The third-order valence-electron chi connectivity index (χ3n) is 6.44. The first kappa shape index (κ1) is 23.2. The molecule has 2 atom stereocenters. The monoisotopic (exact) mass is 493 g/mol. The maximum atomic E-state index is 15.3. The highest BCUT2D eigenvalue weighted by molar-refractivity contribution is 6.31. The molecular formula is C26H25ClFN5O2. The summed E-state index contributed by atoms with van der Waals surface area (Å²) in [4.78, 5) is 28.5. The topological polar surface area (TPSA) is 84.2 Å². The number of piperidine rings is 1. The zero-order valence-corrected chi connectivity index (χ0v) is 20.2. The van der Waals surface area contributed by atoms with E-state index in [4.69, 9.17) is 16.0 Å². The molecule has 1 aliphatic rings. The molecule has 2 aromatic carbocycles. The number of hydrogen-bond acceptors (Lipinski definition) is 6. The van der Waals surface area contributed by atoms with Gasteiger partial charge in [-0.25, -0.2) is 14.4 Å². The zero-order chi connectivity index (χ0) is 24.5. The van der Waals surface area contributed by atoms with Crippen LogP contribution in [0.3, 0.4) is 0 Å². The van der Waals surface area contributed by atoms with Crippen molar-refractivity contribution in [2.24, 2.45) is 5.92 Å². The summed E-state index contributed by atoms with van der Waals surface area (Å²) in [6.45, 7) is 4.83. The van der Waals surface area contributed by atoms with Gasteiger partial charge in [0.05, 0.1) is 11.6 Å². The van der Waals surface area contributed by atoms with Crippen molar-refractivity contribution in [3.05, 3.63) is 70.8 Å². The van der Waals surface area contributed by atoms with Gasteiger partial charge in [-0.05, 0) is 67.6 Å². The molecule has 2 unspecified atom stereocenters. The molecule has 3 heterocycles. The van der Waals surface area contributed by atoms with Crippen LogP contribution in [0.25, 0.3) is 22.5 Å². The molecule has 5 rings (SSSR count). The Morgan fingerprint density at radius 2 is 2.06 bits per heavy atom. The van der Waals surface area contributed by atoms with E-state index in [1.165, 1.54) is 6.07 Å². The minimum Gasteiger partial charge on any atom is -0.424 e. The second kappa shape index (κ2) is 9.62. The smallest absolute Gasteiger partial charge is 0.295 e. The highest BCUT2D eigenvalue weighted by Crippen LogP contribution is 2.31. The lowest BCUT2D eigenvalue weighted by Gasteiger charge is -2.40. The number of benzene rings is 2. The number of amides is 1. The van der Waals surface area contributed by atoms with E-state index in [1.807, 2.05) is 0 Å². The summed E-state index contributed by atoms with van der Waals surface area (Å²) >= 11 is 6.05. The van der Waals surface area contributed by atoms with E-state index in [1.54, 1.807) is 54.5 Å². The summed E-state index contributed by atoms with van der Waals surface area (Å²) in [5, 5.41) is 3.80. The summed E-state index contributed by atoms with van der Waals surface area (Å²) in [7, 11) is 0. The van der Waals surface area contributed by atoms with Gasteiger partial charge in [-0.15, -0.1) is 0 Å². The molecule has 1 amide bonds. The maximum absolute atomic E-state index is 15.3. The molecule has 0 spiro atoms. The molecule has 35 heavy (non-hydrogen) atoms. The summed E-state index contributed by atoms with van der Waals surface area (Å²) < 4.78 is 21.1.